The number of hydrogen-bond acceptors (Lipinski definition) is 5. The standard InChI is InChI=1S/C19H17N3O4/c1-26-17(23)11-15(13-7-3-2-4-8-13)21-18(24)14-12-20-16-9-5-6-10-22(16)19(14)25/h2-10,12,15H,11H2,1H3,(H,21,24)/t15-/m0/s1. The quantitative estimate of drug-likeness (QED) is 0.707. The normalized spacial score (nSPS) is 11.7. The lowest BCUT2D eigenvalue weighted by Gasteiger charge is -2.18. The first kappa shape index (κ1) is 17.3. The summed E-state index contributed by atoms with van der Waals surface area (Å²) in [6, 6.07) is 13.5. The van der Waals surface area contributed by atoms with Crippen molar-refractivity contribution in [2.24, 2.45) is 0 Å². The van der Waals surface area contributed by atoms with E-state index in [9.17, 15) is 14.4 Å². The lowest BCUT2D eigenvalue weighted by atomic mass is 10.0. The molecule has 3 aromatic rings. The Morgan fingerprint density at radius 2 is 1.88 bits per heavy atom. The molecule has 0 aliphatic rings. The third-order valence-corrected chi connectivity index (χ3v) is 3.96. The average molecular weight is 351 g/mol. The number of rotatable bonds is 5. The summed E-state index contributed by atoms with van der Waals surface area (Å²) < 4.78 is 6.00. The number of fused-ring (bicyclic) bond motifs is 1. The lowest BCUT2D eigenvalue weighted by Crippen LogP contribution is -2.35. The van der Waals surface area contributed by atoms with E-state index in [1.807, 2.05) is 6.07 Å². The van der Waals surface area contributed by atoms with Gasteiger partial charge in [0.05, 0.1) is 19.6 Å². The molecule has 0 aliphatic heterocycles. The number of ether oxygens (including phenoxy) is 1. The molecule has 0 saturated heterocycles. The van der Waals surface area contributed by atoms with Gasteiger partial charge >= 0.3 is 5.97 Å². The molecule has 3 rings (SSSR count). The highest BCUT2D eigenvalue weighted by Gasteiger charge is 2.21. The Bertz CT molecular complexity index is 998. The van der Waals surface area contributed by atoms with Gasteiger partial charge in [-0.3, -0.25) is 18.8 Å². The molecule has 1 N–H and O–H groups in total. The zero-order valence-corrected chi connectivity index (χ0v) is 14.1. The molecule has 132 valence electrons. The molecule has 26 heavy (non-hydrogen) atoms. The molecular weight excluding hydrogens is 334 g/mol. The van der Waals surface area contributed by atoms with Crippen LogP contribution in [0.25, 0.3) is 5.65 Å². The zero-order valence-electron chi connectivity index (χ0n) is 14.1. The third kappa shape index (κ3) is 3.61. The average Bonchev–Trinajstić information content (AvgIpc) is 2.68. The van der Waals surface area contributed by atoms with Crippen LogP contribution in [0.5, 0.6) is 0 Å². The van der Waals surface area contributed by atoms with Gasteiger partial charge in [-0.2, -0.15) is 0 Å². The first-order valence-electron chi connectivity index (χ1n) is 7.99. The summed E-state index contributed by atoms with van der Waals surface area (Å²) >= 11 is 0. The van der Waals surface area contributed by atoms with Gasteiger partial charge in [0.25, 0.3) is 11.5 Å². The van der Waals surface area contributed by atoms with Crippen LogP contribution in [0.15, 0.2) is 65.7 Å². The van der Waals surface area contributed by atoms with Crippen LogP contribution >= 0.6 is 0 Å². The van der Waals surface area contributed by atoms with Gasteiger partial charge in [-0.1, -0.05) is 36.4 Å². The predicted molar refractivity (Wildman–Crippen MR) is 94.7 cm³/mol. The highest BCUT2D eigenvalue weighted by atomic mass is 16.5. The maximum absolute atomic E-state index is 12.6. The van der Waals surface area contributed by atoms with Crippen LogP contribution < -0.4 is 10.9 Å². The van der Waals surface area contributed by atoms with E-state index >= 15 is 0 Å². The fourth-order valence-electron chi connectivity index (χ4n) is 2.61. The zero-order chi connectivity index (χ0) is 18.5. The summed E-state index contributed by atoms with van der Waals surface area (Å²) in [7, 11) is 1.28. The molecule has 1 atom stereocenters. The minimum Gasteiger partial charge on any atom is -0.469 e. The van der Waals surface area contributed by atoms with E-state index in [0.29, 0.717) is 5.65 Å². The van der Waals surface area contributed by atoms with E-state index < -0.39 is 23.5 Å². The number of nitrogens with zero attached hydrogens (tertiary/aromatic N) is 2. The van der Waals surface area contributed by atoms with Crippen molar-refractivity contribution in [2.75, 3.05) is 7.11 Å². The summed E-state index contributed by atoms with van der Waals surface area (Å²) in [5.41, 5.74) is 0.612. The fourth-order valence-corrected chi connectivity index (χ4v) is 2.61. The van der Waals surface area contributed by atoms with Crippen molar-refractivity contribution in [1.29, 1.82) is 0 Å². The first-order chi connectivity index (χ1) is 12.6. The molecule has 1 aromatic carbocycles. The number of esters is 1. The fraction of sp³-hybridized carbons (Fsp3) is 0.158. The van der Waals surface area contributed by atoms with Crippen molar-refractivity contribution >= 4 is 17.5 Å². The van der Waals surface area contributed by atoms with Gasteiger partial charge in [0.2, 0.25) is 0 Å². The highest BCUT2D eigenvalue weighted by Crippen LogP contribution is 2.17. The van der Waals surface area contributed by atoms with Crippen molar-refractivity contribution in [1.82, 2.24) is 14.7 Å². The Hall–Kier alpha value is -3.48. The van der Waals surface area contributed by atoms with Crippen LogP contribution in [0.3, 0.4) is 0 Å². The summed E-state index contributed by atoms with van der Waals surface area (Å²) in [6.07, 6.45) is 2.74. The van der Waals surface area contributed by atoms with Crippen molar-refractivity contribution in [3.8, 4) is 0 Å². The molecule has 7 heteroatoms. The minimum atomic E-state index is -0.618. The monoisotopic (exact) mass is 351 g/mol. The molecule has 7 nitrogen and oxygen atoms in total. The van der Waals surface area contributed by atoms with Gasteiger partial charge in [0.15, 0.2) is 0 Å². The third-order valence-electron chi connectivity index (χ3n) is 3.96. The van der Waals surface area contributed by atoms with Crippen molar-refractivity contribution in [2.45, 2.75) is 12.5 Å². The van der Waals surface area contributed by atoms with Crippen LogP contribution in [0.2, 0.25) is 0 Å². The van der Waals surface area contributed by atoms with Crippen LogP contribution in [-0.2, 0) is 9.53 Å². The number of hydrogen-bond donors (Lipinski definition) is 1. The van der Waals surface area contributed by atoms with Crippen molar-refractivity contribution in [3.63, 3.8) is 0 Å². The van der Waals surface area contributed by atoms with Gasteiger partial charge in [-0.05, 0) is 17.7 Å². The van der Waals surface area contributed by atoms with E-state index in [2.05, 4.69) is 10.3 Å². The lowest BCUT2D eigenvalue weighted by molar-refractivity contribution is -0.141. The summed E-state index contributed by atoms with van der Waals surface area (Å²) in [5, 5.41) is 2.73. The molecule has 2 aromatic heterocycles. The van der Waals surface area contributed by atoms with Crippen molar-refractivity contribution in [3.05, 3.63) is 82.4 Å². The van der Waals surface area contributed by atoms with Gasteiger partial charge in [-0.25, -0.2) is 4.98 Å². The number of pyridine rings is 1. The van der Waals surface area contributed by atoms with Crippen molar-refractivity contribution < 1.29 is 14.3 Å². The maximum Gasteiger partial charge on any atom is 0.307 e. The second-order valence-electron chi connectivity index (χ2n) is 5.62. The summed E-state index contributed by atoms with van der Waals surface area (Å²) in [4.78, 5) is 41.0. The van der Waals surface area contributed by atoms with E-state index in [-0.39, 0.29) is 12.0 Å². The second-order valence-corrected chi connectivity index (χ2v) is 5.62. The van der Waals surface area contributed by atoms with Crippen LogP contribution in [-0.4, -0.2) is 28.4 Å². The van der Waals surface area contributed by atoms with Gasteiger partial charge < -0.3 is 10.1 Å². The molecule has 1 amide bonds. The molecule has 0 unspecified atom stereocenters. The molecule has 0 spiro atoms. The molecular formula is C19H17N3O4. The second kappa shape index (κ2) is 7.60. The van der Waals surface area contributed by atoms with Gasteiger partial charge in [0, 0.05) is 12.4 Å². The predicted octanol–water partition coefficient (Wildman–Crippen LogP) is 1.73. The van der Waals surface area contributed by atoms with Gasteiger partial charge in [-0.15, -0.1) is 0 Å². The molecule has 0 fully saturated rings. The number of aromatic nitrogens is 2. The molecule has 0 radical (unpaired) electrons. The Labute approximate surface area is 149 Å². The Balaban J connectivity index is 1.91. The summed E-state index contributed by atoms with van der Waals surface area (Å²) in [5.74, 6) is -1.06. The van der Waals surface area contributed by atoms with E-state index in [4.69, 9.17) is 4.74 Å². The van der Waals surface area contributed by atoms with Crippen LogP contribution in [0.1, 0.15) is 28.4 Å². The largest absolute Gasteiger partial charge is 0.469 e. The van der Waals surface area contributed by atoms with Crippen LogP contribution in [0, 0.1) is 0 Å². The number of nitrogens with one attached hydrogen (secondary N) is 1. The van der Waals surface area contributed by atoms with Crippen LogP contribution in [0.4, 0.5) is 0 Å². The number of carbonyl (C=O) groups excluding carboxylic acids is 2. The molecule has 2 heterocycles. The molecule has 0 aliphatic carbocycles. The highest BCUT2D eigenvalue weighted by molar-refractivity contribution is 5.94. The maximum atomic E-state index is 12.6. The van der Waals surface area contributed by atoms with E-state index in [1.54, 1.807) is 48.7 Å². The van der Waals surface area contributed by atoms with E-state index in [0.717, 1.165) is 5.56 Å². The Morgan fingerprint density at radius 1 is 1.15 bits per heavy atom. The van der Waals surface area contributed by atoms with E-state index in [1.165, 1.54) is 17.7 Å². The molecule has 0 saturated carbocycles. The minimum absolute atomic E-state index is 0.0470. The smallest absolute Gasteiger partial charge is 0.307 e. The number of amides is 1. The number of benzene rings is 1. The Kier molecular flexibility index (Phi) is 5.07. The summed E-state index contributed by atoms with van der Waals surface area (Å²) in [6.45, 7) is 0. The van der Waals surface area contributed by atoms with Gasteiger partial charge in [0.1, 0.15) is 11.2 Å². The Morgan fingerprint density at radius 3 is 2.62 bits per heavy atom. The first-order valence-corrected chi connectivity index (χ1v) is 7.99. The molecule has 0 bridgehead atoms. The number of carbonyl (C=O) groups is 2. The number of methoxy groups -OCH3 is 1. The topological polar surface area (TPSA) is 89.8 Å². The SMILES string of the molecule is COC(=O)C[C@H](NC(=O)c1cnc2ccccn2c1=O)c1ccccc1.